The third-order valence-corrected chi connectivity index (χ3v) is 4.09. The standard InChI is InChI=1S/C16H18N6O2/c23-15(20-21-10-4-9-17-16(21)24)13-18-14(11-7-8-11)22(19-13)12-5-2-1-3-6-12/h1-3,5-6,11H,4,7-10H2,(H,17,24)(H,20,23). The topological polar surface area (TPSA) is 92.2 Å². The van der Waals surface area contributed by atoms with E-state index in [1.54, 1.807) is 4.68 Å². The SMILES string of the molecule is O=C(NN1CCCNC1=O)c1nc(C2CC2)n(-c2ccccc2)n1. The molecule has 0 radical (unpaired) electrons. The molecule has 1 aromatic heterocycles. The third-order valence-electron chi connectivity index (χ3n) is 4.09. The van der Waals surface area contributed by atoms with Crippen LogP contribution in [0, 0.1) is 0 Å². The molecule has 4 rings (SSSR count). The maximum Gasteiger partial charge on any atom is 0.336 e. The molecular formula is C16H18N6O2. The van der Waals surface area contributed by atoms with Crippen molar-refractivity contribution in [1.29, 1.82) is 0 Å². The number of carbonyl (C=O) groups is 2. The van der Waals surface area contributed by atoms with E-state index in [1.807, 2.05) is 30.3 Å². The summed E-state index contributed by atoms with van der Waals surface area (Å²) >= 11 is 0. The molecule has 124 valence electrons. The Labute approximate surface area is 138 Å². The predicted octanol–water partition coefficient (Wildman–Crippen LogP) is 1.20. The number of nitrogens with zero attached hydrogens (tertiary/aromatic N) is 4. The minimum Gasteiger partial charge on any atom is -0.336 e. The number of rotatable bonds is 4. The van der Waals surface area contributed by atoms with Crippen molar-refractivity contribution in [3.05, 3.63) is 42.0 Å². The summed E-state index contributed by atoms with van der Waals surface area (Å²) in [6, 6.07) is 9.33. The normalized spacial score (nSPS) is 17.5. The van der Waals surface area contributed by atoms with Crippen LogP contribution in [-0.4, -0.2) is 44.8 Å². The lowest BCUT2D eigenvalue weighted by atomic mass is 10.3. The molecule has 2 fully saturated rings. The van der Waals surface area contributed by atoms with Gasteiger partial charge in [-0.3, -0.25) is 10.2 Å². The number of aromatic nitrogens is 3. The highest BCUT2D eigenvalue weighted by molar-refractivity contribution is 5.92. The molecule has 3 amide bonds. The Bertz CT molecular complexity index is 768. The largest absolute Gasteiger partial charge is 0.336 e. The zero-order chi connectivity index (χ0) is 16.5. The van der Waals surface area contributed by atoms with Crippen LogP contribution in [0.3, 0.4) is 0 Å². The van der Waals surface area contributed by atoms with Crippen molar-refractivity contribution < 1.29 is 9.59 Å². The van der Waals surface area contributed by atoms with Gasteiger partial charge in [0.05, 0.1) is 5.69 Å². The highest BCUT2D eigenvalue weighted by Crippen LogP contribution is 2.39. The van der Waals surface area contributed by atoms with Gasteiger partial charge in [0.2, 0.25) is 5.82 Å². The smallest absolute Gasteiger partial charge is 0.336 e. The molecular weight excluding hydrogens is 308 g/mol. The van der Waals surface area contributed by atoms with Crippen LogP contribution in [0.2, 0.25) is 0 Å². The van der Waals surface area contributed by atoms with Crippen molar-refractivity contribution in [2.75, 3.05) is 13.1 Å². The van der Waals surface area contributed by atoms with Crippen molar-refractivity contribution in [1.82, 2.24) is 30.5 Å². The molecule has 1 aromatic carbocycles. The van der Waals surface area contributed by atoms with Crippen LogP contribution in [0.15, 0.2) is 30.3 Å². The molecule has 1 saturated carbocycles. The van der Waals surface area contributed by atoms with Crippen LogP contribution < -0.4 is 10.7 Å². The lowest BCUT2D eigenvalue weighted by Gasteiger charge is -2.26. The zero-order valence-corrected chi connectivity index (χ0v) is 13.1. The van der Waals surface area contributed by atoms with Gasteiger partial charge in [0.15, 0.2) is 0 Å². The molecule has 1 aliphatic heterocycles. The van der Waals surface area contributed by atoms with E-state index < -0.39 is 5.91 Å². The number of hydrogen-bond donors (Lipinski definition) is 2. The minimum absolute atomic E-state index is 0.0825. The average molecular weight is 326 g/mol. The molecule has 1 aliphatic carbocycles. The molecule has 8 nitrogen and oxygen atoms in total. The maximum atomic E-state index is 12.4. The Morgan fingerprint density at radius 3 is 2.75 bits per heavy atom. The minimum atomic E-state index is -0.469. The van der Waals surface area contributed by atoms with E-state index in [9.17, 15) is 9.59 Å². The molecule has 2 aromatic rings. The lowest BCUT2D eigenvalue weighted by molar-refractivity contribution is 0.0798. The van der Waals surface area contributed by atoms with Crippen LogP contribution in [-0.2, 0) is 0 Å². The highest BCUT2D eigenvalue weighted by Gasteiger charge is 2.32. The number of hydrazine groups is 1. The number of carbonyl (C=O) groups excluding carboxylic acids is 2. The summed E-state index contributed by atoms with van der Waals surface area (Å²) < 4.78 is 1.73. The van der Waals surface area contributed by atoms with Gasteiger partial charge in [-0.15, -0.1) is 5.10 Å². The summed E-state index contributed by atoms with van der Waals surface area (Å²) in [4.78, 5) is 28.6. The van der Waals surface area contributed by atoms with Crippen LogP contribution in [0.5, 0.6) is 0 Å². The molecule has 0 spiro atoms. The summed E-state index contributed by atoms with van der Waals surface area (Å²) in [7, 11) is 0. The van der Waals surface area contributed by atoms with Crippen LogP contribution in [0.4, 0.5) is 4.79 Å². The Kier molecular flexibility index (Phi) is 3.64. The van der Waals surface area contributed by atoms with Gasteiger partial charge in [-0.25, -0.2) is 19.5 Å². The van der Waals surface area contributed by atoms with E-state index in [0.29, 0.717) is 19.0 Å². The summed E-state index contributed by atoms with van der Waals surface area (Å²) in [5.41, 5.74) is 3.46. The average Bonchev–Trinajstić information content (AvgIpc) is 3.36. The number of hydrogen-bond acceptors (Lipinski definition) is 4. The van der Waals surface area contributed by atoms with Crippen molar-refractivity contribution in [2.45, 2.75) is 25.2 Å². The van der Waals surface area contributed by atoms with Gasteiger partial charge in [0, 0.05) is 19.0 Å². The number of amides is 3. The quantitative estimate of drug-likeness (QED) is 0.883. The first kappa shape index (κ1) is 14.7. The Morgan fingerprint density at radius 1 is 1.25 bits per heavy atom. The summed E-state index contributed by atoms with van der Waals surface area (Å²) in [5, 5.41) is 8.32. The second-order valence-corrected chi connectivity index (χ2v) is 5.99. The van der Waals surface area contributed by atoms with E-state index in [2.05, 4.69) is 20.8 Å². The second-order valence-electron chi connectivity index (χ2n) is 5.99. The van der Waals surface area contributed by atoms with Gasteiger partial charge in [-0.05, 0) is 31.4 Å². The van der Waals surface area contributed by atoms with E-state index in [-0.39, 0.29) is 11.9 Å². The van der Waals surface area contributed by atoms with Gasteiger partial charge in [-0.2, -0.15) is 0 Å². The Hall–Kier alpha value is -2.90. The van der Waals surface area contributed by atoms with Crippen molar-refractivity contribution in [2.24, 2.45) is 0 Å². The lowest BCUT2D eigenvalue weighted by Crippen LogP contribution is -2.54. The van der Waals surface area contributed by atoms with Gasteiger partial charge in [-0.1, -0.05) is 18.2 Å². The molecule has 24 heavy (non-hydrogen) atoms. The molecule has 2 aliphatic rings. The second kappa shape index (κ2) is 5.95. The first-order valence-electron chi connectivity index (χ1n) is 8.11. The monoisotopic (exact) mass is 326 g/mol. The summed E-state index contributed by atoms with van der Waals surface area (Å²) in [6.07, 6.45) is 2.90. The number of para-hydroxylation sites is 1. The van der Waals surface area contributed by atoms with Crippen LogP contribution in [0.25, 0.3) is 5.69 Å². The predicted molar refractivity (Wildman–Crippen MR) is 85.5 cm³/mol. The Morgan fingerprint density at radius 2 is 2.04 bits per heavy atom. The molecule has 8 heteroatoms. The van der Waals surface area contributed by atoms with E-state index in [1.165, 1.54) is 5.01 Å². The van der Waals surface area contributed by atoms with Crippen molar-refractivity contribution >= 4 is 11.9 Å². The number of urea groups is 1. The molecule has 2 N–H and O–H groups in total. The number of nitrogens with one attached hydrogen (secondary N) is 2. The summed E-state index contributed by atoms with van der Waals surface area (Å²) in [5.74, 6) is 0.759. The third kappa shape index (κ3) is 2.82. The van der Waals surface area contributed by atoms with E-state index in [4.69, 9.17) is 0 Å². The molecule has 0 bridgehead atoms. The number of benzene rings is 1. The first-order valence-corrected chi connectivity index (χ1v) is 8.11. The van der Waals surface area contributed by atoms with Crippen LogP contribution in [0.1, 0.15) is 41.6 Å². The van der Waals surface area contributed by atoms with Crippen molar-refractivity contribution in [3.8, 4) is 5.69 Å². The van der Waals surface area contributed by atoms with Crippen molar-refractivity contribution in [3.63, 3.8) is 0 Å². The van der Waals surface area contributed by atoms with Gasteiger partial charge >= 0.3 is 11.9 Å². The fourth-order valence-corrected chi connectivity index (χ4v) is 2.69. The molecule has 1 saturated heterocycles. The Balaban J connectivity index is 1.59. The first-order chi connectivity index (χ1) is 11.7. The van der Waals surface area contributed by atoms with Gasteiger partial charge < -0.3 is 5.32 Å². The van der Waals surface area contributed by atoms with Gasteiger partial charge in [0.1, 0.15) is 5.82 Å². The van der Waals surface area contributed by atoms with Gasteiger partial charge in [0.25, 0.3) is 0 Å². The molecule has 0 atom stereocenters. The fraction of sp³-hybridized carbons (Fsp3) is 0.375. The van der Waals surface area contributed by atoms with E-state index in [0.717, 1.165) is 30.8 Å². The maximum absolute atomic E-state index is 12.4. The molecule has 2 heterocycles. The highest BCUT2D eigenvalue weighted by atomic mass is 16.2. The van der Waals surface area contributed by atoms with E-state index >= 15 is 0 Å². The zero-order valence-electron chi connectivity index (χ0n) is 13.1. The fourth-order valence-electron chi connectivity index (χ4n) is 2.69. The molecule has 0 unspecified atom stereocenters. The van der Waals surface area contributed by atoms with Crippen LogP contribution >= 0.6 is 0 Å². The summed E-state index contributed by atoms with van der Waals surface area (Å²) in [6.45, 7) is 1.10.